The Morgan fingerprint density at radius 3 is 2.45 bits per heavy atom. The first-order chi connectivity index (χ1) is 9.81. The van der Waals surface area contributed by atoms with Gasteiger partial charge in [0.2, 0.25) is 0 Å². The number of unbranched alkanes of at least 4 members (excludes halogenated alkanes) is 5. The molecule has 1 aliphatic heterocycles. The predicted octanol–water partition coefficient (Wildman–Crippen LogP) is 4.39. The molecule has 1 atom stereocenters. The lowest BCUT2D eigenvalue weighted by Gasteiger charge is -2.22. The molecule has 1 aromatic rings. The molecule has 2 N–H and O–H groups in total. The largest absolute Gasteiger partial charge is 0.347 e. The fraction of sp³-hybridized carbons (Fsp3) is 0.647. The lowest BCUT2D eigenvalue weighted by atomic mass is 10.0. The van der Waals surface area contributed by atoms with Crippen molar-refractivity contribution >= 4 is 17.4 Å². The molecule has 0 radical (unpaired) electrons. The van der Waals surface area contributed by atoms with Gasteiger partial charge in [-0.15, -0.1) is 11.8 Å². The third-order valence-corrected chi connectivity index (χ3v) is 5.03. The molecule has 0 aliphatic carbocycles. The SMILES string of the molecule is CCCCCCCCc1ccc(N2CCSC2N)cc1. The second kappa shape index (κ2) is 8.58. The van der Waals surface area contributed by atoms with Crippen LogP contribution in [0.25, 0.3) is 0 Å². The normalized spacial score (nSPS) is 18.7. The Balaban J connectivity index is 1.71. The molecule has 0 spiro atoms. The predicted molar refractivity (Wildman–Crippen MR) is 91.3 cm³/mol. The topological polar surface area (TPSA) is 29.3 Å². The van der Waals surface area contributed by atoms with Gasteiger partial charge >= 0.3 is 0 Å². The second-order valence-corrected chi connectivity index (χ2v) is 6.86. The Bertz CT molecular complexity index is 377. The van der Waals surface area contributed by atoms with Crippen molar-refractivity contribution in [3.8, 4) is 0 Å². The number of hydrogen-bond donors (Lipinski definition) is 1. The minimum atomic E-state index is 0.138. The highest BCUT2D eigenvalue weighted by atomic mass is 32.2. The van der Waals surface area contributed by atoms with Crippen molar-refractivity contribution in [2.45, 2.75) is 57.4 Å². The van der Waals surface area contributed by atoms with E-state index in [0.29, 0.717) is 0 Å². The zero-order valence-electron chi connectivity index (χ0n) is 12.7. The molecule has 0 aromatic heterocycles. The molecular weight excluding hydrogens is 264 g/mol. The average Bonchev–Trinajstić information content (AvgIpc) is 2.90. The Labute approximate surface area is 128 Å². The number of benzene rings is 1. The molecule has 0 bridgehead atoms. The van der Waals surface area contributed by atoms with Crippen LogP contribution in [0.1, 0.15) is 51.0 Å². The summed E-state index contributed by atoms with van der Waals surface area (Å²) >= 11 is 1.83. The number of nitrogens with zero attached hydrogens (tertiary/aromatic N) is 1. The van der Waals surface area contributed by atoms with Crippen molar-refractivity contribution in [3.05, 3.63) is 29.8 Å². The summed E-state index contributed by atoms with van der Waals surface area (Å²) in [6, 6.07) is 9.02. The van der Waals surface area contributed by atoms with E-state index in [-0.39, 0.29) is 5.50 Å². The maximum Gasteiger partial charge on any atom is 0.125 e. The molecule has 2 rings (SSSR count). The summed E-state index contributed by atoms with van der Waals surface area (Å²) in [6.07, 6.45) is 9.43. The molecular formula is C17H28N2S. The van der Waals surface area contributed by atoms with Gasteiger partial charge in [0.05, 0.1) is 0 Å². The van der Waals surface area contributed by atoms with Crippen LogP contribution < -0.4 is 10.6 Å². The molecule has 1 aliphatic rings. The van der Waals surface area contributed by atoms with Gasteiger partial charge in [0.15, 0.2) is 0 Å². The van der Waals surface area contributed by atoms with Gasteiger partial charge in [0.25, 0.3) is 0 Å². The van der Waals surface area contributed by atoms with Crippen molar-refractivity contribution in [1.82, 2.24) is 0 Å². The Hall–Kier alpha value is -0.670. The molecule has 1 saturated heterocycles. The van der Waals surface area contributed by atoms with Crippen LogP contribution in [0.5, 0.6) is 0 Å². The quantitative estimate of drug-likeness (QED) is 0.721. The lowest BCUT2D eigenvalue weighted by molar-refractivity contribution is 0.607. The standard InChI is InChI=1S/C17H28N2S/c1-2-3-4-5-6-7-8-15-9-11-16(12-10-15)19-13-14-20-17(19)18/h9-12,17H,2-8,13-14,18H2,1H3. The van der Waals surface area contributed by atoms with Crippen molar-refractivity contribution in [2.75, 3.05) is 17.2 Å². The van der Waals surface area contributed by atoms with Crippen LogP contribution in [0.15, 0.2) is 24.3 Å². The summed E-state index contributed by atoms with van der Waals surface area (Å²) in [4.78, 5) is 2.29. The van der Waals surface area contributed by atoms with Crippen LogP contribution in [0.3, 0.4) is 0 Å². The van der Waals surface area contributed by atoms with Crippen LogP contribution in [-0.2, 0) is 6.42 Å². The molecule has 3 heteroatoms. The third-order valence-electron chi connectivity index (χ3n) is 4.01. The van der Waals surface area contributed by atoms with E-state index in [1.165, 1.54) is 56.2 Å². The Morgan fingerprint density at radius 2 is 1.80 bits per heavy atom. The van der Waals surface area contributed by atoms with E-state index in [4.69, 9.17) is 5.73 Å². The number of nitrogens with two attached hydrogens (primary N) is 1. The fourth-order valence-electron chi connectivity index (χ4n) is 2.73. The summed E-state index contributed by atoms with van der Waals surface area (Å²) in [5.41, 5.74) is 8.95. The molecule has 112 valence electrons. The summed E-state index contributed by atoms with van der Waals surface area (Å²) in [5, 5.41) is 0. The molecule has 0 amide bonds. The second-order valence-electron chi connectivity index (χ2n) is 5.64. The maximum atomic E-state index is 6.08. The Morgan fingerprint density at radius 1 is 1.10 bits per heavy atom. The minimum Gasteiger partial charge on any atom is -0.347 e. The first kappa shape index (κ1) is 15.7. The van der Waals surface area contributed by atoms with E-state index in [9.17, 15) is 0 Å². The van der Waals surface area contributed by atoms with E-state index < -0.39 is 0 Å². The summed E-state index contributed by atoms with van der Waals surface area (Å²) in [5.74, 6) is 1.14. The summed E-state index contributed by atoms with van der Waals surface area (Å²) in [7, 11) is 0. The third kappa shape index (κ3) is 4.71. The highest BCUT2D eigenvalue weighted by Gasteiger charge is 2.21. The van der Waals surface area contributed by atoms with Gasteiger partial charge in [-0.2, -0.15) is 0 Å². The van der Waals surface area contributed by atoms with Crippen molar-refractivity contribution in [3.63, 3.8) is 0 Å². The zero-order chi connectivity index (χ0) is 14.2. The van der Waals surface area contributed by atoms with Crippen molar-refractivity contribution in [1.29, 1.82) is 0 Å². The zero-order valence-corrected chi connectivity index (χ0v) is 13.5. The first-order valence-corrected chi connectivity index (χ1v) is 9.09. The highest BCUT2D eigenvalue weighted by molar-refractivity contribution is 8.00. The number of hydrogen-bond acceptors (Lipinski definition) is 3. The molecule has 1 fully saturated rings. The van der Waals surface area contributed by atoms with Gasteiger partial charge in [-0.1, -0.05) is 51.2 Å². The van der Waals surface area contributed by atoms with E-state index >= 15 is 0 Å². The van der Waals surface area contributed by atoms with E-state index in [1.807, 2.05) is 11.8 Å². The molecule has 1 heterocycles. The molecule has 20 heavy (non-hydrogen) atoms. The van der Waals surface area contributed by atoms with Gasteiger partial charge in [-0.25, -0.2) is 0 Å². The van der Waals surface area contributed by atoms with Crippen molar-refractivity contribution < 1.29 is 0 Å². The number of thioether (sulfide) groups is 1. The Kier molecular flexibility index (Phi) is 6.74. The van der Waals surface area contributed by atoms with Gasteiger partial charge in [-0.3, -0.25) is 0 Å². The van der Waals surface area contributed by atoms with Gasteiger partial charge < -0.3 is 10.6 Å². The van der Waals surface area contributed by atoms with Crippen molar-refractivity contribution in [2.24, 2.45) is 5.73 Å². The number of aryl methyl sites for hydroxylation is 1. The van der Waals surface area contributed by atoms with E-state index in [2.05, 4.69) is 36.1 Å². The monoisotopic (exact) mass is 292 g/mol. The minimum absolute atomic E-state index is 0.138. The lowest BCUT2D eigenvalue weighted by Crippen LogP contribution is -2.34. The van der Waals surface area contributed by atoms with Gasteiger partial charge in [0, 0.05) is 18.0 Å². The molecule has 1 aromatic carbocycles. The summed E-state index contributed by atoms with van der Waals surface area (Å²) < 4.78 is 0. The maximum absolute atomic E-state index is 6.08. The number of anilines is 1. The number of rotatable bonds is 8. The van der Waals surface area contributed by atoms with Crippen LogP contribution in [0, 0.1) is 0 Å². The summed E-state index contributed by atoms with van der Waals surface area (Å²) in [6.45, 7) is 3.34. The smallest absolute Gasteiger partial charge is 0.125 e. The first-order valence-electron chi connectivity index (χ1n) is 8.04. The van der Waals surface area contributed by atoms with Gasteiger partial charge in [-0.05, 0) is 30.5 Å². The van der Waals surface area contributed by atoms with Crippen LogP contribution in [-0.4, -0.2) is 17.8 Å². The fourth-order valence-corrected chi connectivity index (χ4v) is 3.68. The van der Waals surface area contributed by atoms with E-state index in [1.54, 1.807) is 0 Å². The van der Waals surface area contributed by atoms with Crippen LogP contribution >= 0.6 is 11.8 Å². The van der Waals surface area contributed by atoms with Crippen LogP contribution in [0.2, 0.25) is 0 Å². The molecule has 0 saturated carbocycles. The van der Waals surface area contributed by atoms with E-state index in [0.717, 1.165) is 12.3 Å². The van der Waals surface area contributed by atoms with Crippen LogP contribution in [0.4, 0.5) is 5.69 Å². The van der Waals surface area contributed by atoms with Gasteiger partial charge in [0.1, 0.15) is 5.50 Å². The molecule has 2 nitrogen and oxygen atoms in total. The highest BCUT2D eigenvalue weighted by Crippen LogP contribution is 2.26. The molecule has 1 unspecified atom stereocenters. The average molecular weight is 292 g/mol.